The van der Waals surface area contributed by atoms with Crippen LogP contribution in [0.2, 0.25) is 0 Å². The lowest BCUT2D eigenvalue weighted by molar-refractivity contribution is 1.18. The van der Waals surface area contributed by atoms with Gasteiger partial charge < -0.3 is 14.0 Å². The molecule has 0 unspecified atom stereocenters. The summed E-state index contributed by atoms with van der Waals surface area (Å²) in [7, 11) is 0. The second-order valence-corrected chi connectivity index (χ2v) is 20.7. The molecule has 0 bridgehead atoms. The lowest BCUT2D eigenvalue weighted by Crippen LogP contribution is -2.09. The molecule has 3 heterocycles. The van der Waals surface area contributed by atoms with Crippen LogP contribution < -0.4 is 4.90 Å². The van der Waals surface area contributed by atoms with Crippen LogP contribution in [0.1, 0.15) is 0 Å². The molecule has 12 aromatic carbocycles. The number of anilines is 3. The van der Waals surface area contributed by atoms with E-state index in [0.29, 0.717) is 0 Å². The van der Waals surface area contributed by atoms with Crippen LogP contribution in [0.25, 0.3) is 120 Å². The van der Waals surface area contributed by atoms with E-state index in [-0.39, 0.29) is 0 Å². The minimum absolute atomic E-state index is 1.10. The fourth-order valence-corrected chi connectivity index (χ4v) is 12.9. The molecular weight excluding hydrogens is 939 g/mol. The summed E-state index contributed by atoms with van der Waals surface area (Å²) >= 11 is 1.88. The van der Waals surface area contributed by atoms with Gasteiger partial charge in [-0.1, -0.05) is 170 Å². The summed E-state index contributed by atoms with van der Waals surface area (Å²) < 4.78 is 7.51. The normalized spacial score (nSPS) is 11.7. The Bertz CT molecular complexity index is 4640. The summed E-state index contributed by atoms with van der Waals surface area (Å²) in [6, 6.07) is 104. The Balaban J connectivity index is 0.903. The van der Waals surface area contributed by atoms with Crippen LogP contribution in [0.5, 0.6) is 0 Å². The van der Waals surface area contributed by atoms with Crippen LogP contribution in [-0.4, -0.2) is 9.13 Å². The average molecular weight is 986 g/mol. The Kier molecular flexibility index (Phi) is 10.4. The topological polar surface area (TPSA) is 13.1 Å². The first-order chi connectivity index (χ1) is 37.7. The van der Waals surface area contributed by atoms with Crippen molar-refractivity contribution in [1.29, 1.82) is 0 Å². The molecule has 76 heavy (non-hydrogen) atoms. The van der Waals surface area contributed by atoms with Crippen molar-refractivity contribution in [3.05, 3.63) is 285 Å². The minimum Gasteiger partial charge on any atom is -0.311 e. The third kappa shape index (κ3) is 7.33. The molecular formula is C72H47N3S. The third-order valence-electron chi connectivity index (χ3n) is 15.3. The summed E-state index contributed by atoms with van der Waals surface area (Å²) in [6.45, 7) is 0. The van der Waals surface area contributed by atoms with Gasteiger partial charge in [0.2, 0.25) is 0 Å². The van der Waals surface area contributed by atoms with E-state index < -0.39 is 0 Å². The largest absolute Gasteiger partial charge is 0.311 e. The first-order valence-corrected chi connectivity index (χ1v) is 26.8. The number of thiophene rings is 1. The predicted octanol–water partition coefficient (Wildman–Crippen LogP) is 20.4. The maximum atomic E-state index is 2.48. The number of hydrogen-bond acceptors (Lipinski definition) is 2. The minimum atomic E-state index is 1.10. The van der Waals surface area contributed by atoms with Gasteiger partial charge in [-0.05, 0) is 160 Å². The highest BCUT2D eigenvalue weighted by atomic mass is 32.1. The number of para-hydroxylation sites is 4. The van der Waals surface area contributed by atoms with Crippen molar-refractivity contribution in [3.8, 4) is 55.9 Å². The van der Waals surface area contributed by atoms with Crippen molar-refractivity contribution < 1.29 is 0 Å². The van der Waals surface area contributed by atoms with Gasteiger partial charge >= 0.3 is 0 Å². The molecule has 0 atom stereocenters. The van der Waals surface area contributed by atoms with Crippen molar-refractivity contribution in [3.63, 3.8) is 0 Å². The smallest absolute Gasteiger partial charge is 0.0640 e. The average Bonchev–Trinajstić information content (AvgIpc) is 4.26. The van der Waals surface area contributed by atoms with Crippen molar-refractivity contribution >= 4 is 92.2 Å². The molecule has 0 aliphatic heterocycles. The highest BCUT2D eigenvalue weighted by molar-refractivity contribution is 7.26. The molecule has 356 valence electrons. The number of nitrogens with zero attached hydrogens (tertiary/aromatic N) is 3. The monoisotopic (exact) mass is 985 g/mol. The lowest BCUT2D eigenvalue weighted by atomic mass is 9.92. The molecule has 3 aromatic heterocycles. The lowest BCUT2D eigenvalue weighted by Gasteiger charge is -2.25. The fourth-order valence-electron chi connectivity index (χ4n) is 11.7. The van der Waals surface area contributed by atoms with E-state index in [4.69, 9.17) is 0 Å². The summed E-state index contributed by atoms with van der Waals surface area (Å²) in [5.41, 5.74) is 19.8. The van der Waals surface area contributed by atoms with Gasteiger partial charge in [-0.25, -0.2) is 0 Å². The van der Waals surface area contributed by atoms with Crippen molar-refractivity contribution in [2.75, 3.05) is 4.90 Å². The zero-order valence-corrected chi connectivity index (χ0v) is 42.2. The standard InChI is InChI=1S/C72H47N3S/c1-4-18-48(19-5-1)50-20-16-25-59(45-50)74-66-30-13-10-26-60(66)64-46-51(36-40-68(64)74)54-42-53(49-34-38-58(39-35-49)73(56-21-6-2-7-22-56)57-23-8-3-9-24-57)43-55(44-54)52-37-41-69-65(47-52)61-27-11-14-31-67(61)75(69)70-32-17-29-63-62-28-12-15-33-71(62)76-72(63)70/h1-47H. The first kappa shape index (κ1) is 43.8. The van der Waals surface area contributed by atoms with Crippen LogP contribution in [0.4, 0.5) is 17.1 Å². The van der Waals surface area contributed by atoms with Crippen LogP contribution in [0, 0.1) is 0 Å². The van der Waals surface area contributed by atoms with Crippen LogP contribution in [-0.2, 0) is 0 Å². The van der Waals surface area contributed by atoms with Gasteiger partial charge in [-0.2, -0.15) is 0 Å². The SMILES string of the molecule is c1ccc(-c2cccc(-n3c4ccccc4c4cc(-c5cc(-c6ccc(N(c7ccccc7)c7ccccc7)cc6)cc(-c6ccc7c(c6)c6ccccc6n7-c6cccc7c6sc6ccccc67)c5)ccc43)c2)cc1. The van der Waals surface area contributed by atoms with Crippen molar-refractivity contribution in [2.45, 2.75) is 0 Å². The molecule has 0 saturated heterocycles. The summed E-state index contributed by atoms with van der Waals surface area (Å²) in [5, 5.41) is 7.52. The van der Waals surface area contributed by atoms with E-state index in [1.54, 1.807) is 0 Å². The third-order valence-corrected chi connectivity index (χ3v) is 16.5. The second kappa shape index (κ2) is 18.0. The van der Waals surface area contributed by atoms with Gasteiger partial charge in [-0.15, -0.1) is 11.3 Å². The van der Waals surface area contributed by atoms with E-state index >= 15 is 0 Å². The second-order valence-electron chi connectivity index (χ2n) is 19.7. The van der Waals surface area contributed by atoms with E-state index in [9.17, 15) is 0 Å². The Morgan fingerprint density at radius 2 is 0.684 bits per heavy atom. The first-order valence-electron chi connectivity index (χ1n) is 26.0. The van der Waals surface area contributed by atoms with Gasteiger partial charge in [0, 0.05) is 59.8 Å². The maximum Gasteiger partial charge on any atom is 0.0640 e. The molecule has 15 rings (SSSR count). The predicted molar refractivity (Wildman–Crippen MR) is 324 cm³/mol. The summed E-state index contributed by atoms with van der Waals surface area (Å²) in [4.78, 5) is 2.32. The van der Waals surface area contributed by atoms with E-state index in [0.717, 1.165) is 45.0 Å². The molecule has 0 saturated carbocycles. The van der Waals surface area contributed by atoms with Crippen LogP contribution in [0.3, 0.4) is 0 Å². The number of benzene rings is 12. The Labute approximate surface area is 444 Å². The Morgan fingerprint density at radius 1 is 0.250 bits per heavy atom. The summed E-state index contributed by atoms with van der Waals surface area (Å²) in [5.74, 6) is 0. The zero-order valence-electron chi connectivity index (χ0n) is 41.4. The quantitative estimate of drug-likeness (QED) is 0.140. The molecule has 0 amide bonds. The van der Waals surface area contributed by atoms with Crippen molar-refractivity contribution in [2.24, 2.45) is 0 Å². The summed E-state index contributed by atoms with van der Waals surface area (Å²) in [6.07, 6.45) is 0. The van der Waals surface area contributed by atoms with E-state index in [1.807, 2.05) is 11.3 Å². The molecule has 0 radical (unpaired) electrons. The highest BCUT2D eigenvalue weighted by Gasteiger charge is 2.20. The van der Waals surface area contributed by atoms with Gasteiger partial charge in [0.15, 0.2) is 0 Å². The van der Waals surface area contributed by atoms with E-state index in [1.165, 1.54) is 91.7 Å². The molecule has 0 aliphatic carbocycles. The molecule has 4 heteroatoms. The van der Waals surface area contributed by atoms with Crippen LogP contribution in [0.15, 0.2) is 285 Å². The molecule has 15 aromatic rings. The number of aromatic nitrogens is 2. The highest BCUT2D eigenvalue weighted by Crippen LogP contribution is 2.44. The molecule has 3 nitrogen and oxygen atoms in total. The molecule has 0 spiro atoms. The Hall–Kier alpha value is -9.74. The van der Waals surface area contributed by atoms with Crippen molar-refractivity contribution in [1.82, 2.24) is 9.13 Å². The fraction of sp³-hybridized carbons (Fsp3) is 0. The maximum absolute atomic E-state index is 2.48. The number of fused-ring (bicyclic) bond motifs is 9. The molecule has 0 fully saturated rings. The van der Waals surface area contributed by atoms with Gasteiger partial charge in [0.25, 0.3) is 0 Å². The van der Waals surface area contributed by atoms with Gasteiger partial charge in [-0.3, -0.25) is 0 Å². The van der Waals surface area contributed by atoms with Gasteiger partial charge in [0.05, 0.1) is 32.5 Å². The molecule has 0 aliphatic rings. The van der Waals surface area contributed by atoms with E-state index in [2.05, 4.69) is 299 Å². The zero-order chi connectivity index (χ0) is 50.1. The van der Waals surface area contributed by atoms with Crippen LogP contribution >= 0.6 is 11.3 Å². The molecule has 0 N–H and O–H groups in total. The van der Waals surface area contributed by atoms with Gasteiger partial charge in [0.1, 0.15) is 0 Å². The number of hydrogen-bond donors (Lipinski definition) is 0. The number of rotatable bonds is 9. The Morgan fingerprint density at radius 3 is 1.33 bits per heavy atom.